The van der Waals surface area contributed by atoms with Gasteiger partial charge in [0.1, 0.15) is 0 Å². The van der Waals surface area contributed by atoms with Gasteiger partial charge in [0.15, 0.2) is 0 Å². The molecular formula is C15H19NO. The van der Waals surface area contributed by atoms with E-state index in [-0.39, 0.29) is 0 Å². The third-order valence-electron chi connectivity index (χ3n) is 4.06. The standard InChI is InChI=1S/C15H19NO/c1-15(17)9-6-13(7-10-15)16-11-8-12-4-2-3-5-14(12)16/h2-5,8,11,13,17H,6-7,9-10H2,1H3. The minimum atomic E-state index is -0.445. The van der Waals surface area contributed by atoms with E-state index in [0.717, 1.165) is 25.7 Å². The van der Waals surface area contributed by atoms with Gasteiger partial charge >= 0.3 is 0 Å². The van der Waals surface area contributed by atoms with Crippen LogP contribution in [0.3, 0.4) is 0 Å². The van der Waals surface area contributed by atoms with E-state index >= 15 is 0 Å². The van der Waals surface area contributed by atoms with Crippen molar-refractivity contribution in [3.63, 3.8) is 0 Å². The molecule has 1 aliphatic carbocycles. The quantitative estimate of drug-likeness (QED) is 0.795. The fourth-order valence-electron chi connectivity index (χ4n) is 2.93. The summed E-state index contributed by atoms with van der Waals surface area (Å²) in [4.78, 5) is 0. The number of fused-ring (bicyclic) bond motifs is 1. The van der Waals surface area contributed by atoms with Crippen LogP contribution in [-0.4, -0.2) is 15.3 Å². The Hall–Kier alpha value is -1.28. The number of aromatic nitrogens is 1. The van der Waals surface area contributed by atoms with Crippen LogP contribution in [-0.2, 0) is 0 Å². The first-order valence-electron chi connectivity index (χ1n) is 6.44. The second-order valence-electron chi connectivity index (χ2n) is 5.51. The van der Waals surface area contributed by atoms with Crippen LogP contribution in [0.4, 0.5) is 0 Å². The van der Waals surface area contributed by atoms with Gasteiger partial charge in [-0.15, -0.1) is 0 Å². The second kappa shape index (κ2) is 3.88. The fourth-order valence-corrected chi connectivity index (χ4v) is 2.93. The van der Waals surface area contributed by atoms with Crippen molar-refractivity contribution in [2.45, 2.75) is 44.2 Å². The molecule has 2 nitrogen and oxygen atoms in total. The van der Waals surface area contributed by atoms with E-state index in [4.69, 9.17) is 0 Å². The van der Waals surface area contributed by atoms with Crippen molar-refractivity contribution >= 4 is 10.9 Å². The number of para-hydroxylation sites is 1. The van der Waals surface area contributed by atoms with Crippen molar-refractivity contribution < 1.29 is 5.11 Å². The summed E-state index contributed by atoms with van der Waals surface area (Å²) in [6.07, 6.45) is 6.15. The Morgan fingerprint density at radius 2 is 1.88 bits per heavy atom. The average Bonchev–Trinajstić information content (AvgIpc) is 2.73. The maximum atomic E-state index is 9.99. The Balaban J connectivity index is 1.90. The molecule has 90 valence electrons. The predicted octanol–water partition coefficient (Wildman–Crippen LogP) is 3.51. The van der Waals surface area contributed by atoms with Crippen molar-refractivity contribution in [1.82, 2.24) is 4.57 Å². The molecule has 2 heteroatoms. The van der Waals surface area contributed by atoms with Gasteiger partial charge in [-0.05, 0) is 50.1 Å². The van der Waals surface area contributed by atoms with E-state index in [9.17, 15) is 5.11 Å². The number of benzene rings is 1. The molecule has 1 saturated carbocycles. The summed E-state index contributed by atoms with van der Waals surface area (Å²) in [6, 6.07) is 11.3. The van der Waals surface area contributed by atoms with Gasteiger partial charge in [-0.2, -0.15) is 0 Å². The summed E-state index contributed by atoms with van der Waals surface area (Å²) in [5, 5.41) is 11.3. The van der Waals surface area contributed by atoms with Crippen LogP contribution >= 0.6 is 0 Å². The molecule has 0 aliphatic heterocycles. The molecule has 0 radical (unpaired) electrons. The van der Waals surface area contributed by atoms with E-state index in [1.165, 1.54) is 10.9 Å². The number of hydrogen-bond donors (Lipinski definition) is 1. The molecule has 1 fully saturated rings. The minimum Gasteiger partial charge on any atom is -0.390 e. The van der Waals surface area contributed by atoms with Gasteiger partial charge in [0.25, 0.3) is 0 Å². The van der Waals surface area contributed by atoms with E-state index in [0.29, 0.717) is 6.04 Å². The molecule has 0 unspecified atom stereocenters. The molecule has 0 spiro atoms. The zero-order valence-electron chi connectivity index (χ0n) is 10.3. The first-order valence-corrected chi connectivity index (χ1v) is 6.44. The molecule has 17 heavy (non-hydrogen) atoms. The normalized spacial score (nSPS) is 29.6. The van der Waals surface area contributed by atoms with Gasteiger partial charge < -0.3 is 9.67 Å². The topological polar surface area (TPSA) is 25.2 Å². The molecular weight excluding hydrogens is 210 g/mol. The highest BCUT2D eigenvalue weighted by atomic mass is 16.3. The Kier molecular flexibility index (Phi) is 2.48. The van der Waals surface area contributed by atoms with E-state index in [1.807, 2.05) is 6.92 Å². The van der Waals surface area contributed by atoms with Crippen molar-refractivity contribution in [3.8, 4) is 0 Å². The first kappa shape index (κ1) is 10.8. The molecule has 0 amide bonds. The van der Waals surface area contributed by atoms with Crippen LogP contribution in [0.5, 0.6) is 0 Å². The number of aliphatic hydroxyl groups is 1. The van der Waals surface area contributed by atoms with Crippen LogP contribution < -0.4 is 0 Å². The smallest absolute Gasteiger partial charge is 0.0621 e. The van der Waals surface area contributed by atoms with Crippen LogP contribution in [0, 0.1) is 0 Å². The SMILES string of the molecule is CC1(O)CCC(n2ccc3ccccc32)CC1. The number of rotatable bonds is 1. The highest BCUT2D eigenvalue weighted by molar-refractivity contribution is 5.80. The maximum absolute atomic E-state index is 9.99. The third kappa shape index (κ3) is 1.98. The van der Waals surface area contributed by atoms with Gasteiger partial charge in [-0.3, -0.25) is 0 Å². The van der Waals surface area contributed by atoms with Crippen molar-refractivity contribution in [2.24, 2.45) is 0 Å². The molecule has 3 rings (SSSR count). The predicted molar refractivity (Wildman–Crippen MR) is 70.1 cm³/mol. The van der Waals surface area contributed by atoms with E-state index in [2.05, 4.69) is 41.1 Å². The lowest BCUT2D eigenvalue weighted by atomic mass is 9.83. The summed E-state index contributed by atoms with van der Waals surface area (Å²) in [5.74, 6) is 0. The Morgan fingerprint density at radius 3 is 2.65 bits per heavy atom. The minimum absolute atomic E-state index is 0.445. The van der Waals surface area contributed by atoms with E-state index < -0.39 is 5.60 Å². The molecule has 1 heterocycles. The molecule has 1 aromatic heterocycles. The Morgan fingerprint density at radius 1 is 1.18 bits per heavy atom. The molecule has 1 aliphatic rings. The fraction of sp³-hybridized carbons (Fsp3) is 0.467. The summed E-state index contributed by atoms with van der Waals surface area (Å²) in [5.41, 5.74) is 0.874. The molecule has 0 bridgehead atoms. The molecule has 1 aromatic carbocycles. The van der Waals surface area contributed by atoms with Gasteiger partial charge in [-0.1, -0.05) is 18.2 Å². The van der Waals surface area contributed by atoms with Crippen LogP contribution in [0.15, 0.2) is 36.5 Å². The van der Waals surface area contributed by atoms with Crippen LogP contribution in [0.1, 0.15) is 38.6 Å². The zero-order valence-corrected chi connectivity index (χ0v) is 10.3. The Bertz CT molecular complexity index is 516. The number of nitrogens with zero attached hydrogens (tertiary/aromatic N) is 1. The summed E-state index contributed by atoms with van der Waals surface area (Å²) < 4.78 is 2.38. The van der Waals surface area contributed by atoms with Crippen molar-refractivity contribution in [2.75, 3.05) is 0 Å². The maximum Gasteiger partial charge on any atom is 0.0621 e. The van der Waals surface area contributed by atoms with Crippen molar-refractivity contribution in [1.29, 1.82) is 0 Å². The van der Waals surface area contributed by atoms with Crippen LogP contribution in [0.2, 0.25) is 0 Å². The second-order valence-corrected chi connectivity index (χ2v) is 5.51. The van der Waals surface area contributed by atoms with Crippen molar-refractivity contribution in [3.05, 3.63) is 36.5 Å². The Labute approximate surface area is 102 Å². The van der Waals surface area contributed by atoms with E-state index in [1.54, 1.807) is 0 Å². The summed E-state index contributed by atoms with van der Waals surface area (Å²) >= 11 is 0. The third-order valence-corrected chi connectivity index (χ3v) is 4.06. The monoisotopic (exact) mass is 229 g/mol. The lowest BCUT2D eigenvalue weighted by Gasteiger charge is -2.34. The first-order chi connectivity index (χ1) is 8.16. The van der Waals surface area contributed by atoms with Gasteiger partial charge in [-0.25, -0.2) is 0 Å². The molecule has 0 saturated heterocycles. The summed E-state index contributed by atoms with van der Waals surface area (Å²) in [6.45, 7) is 1.96. The zero-order chi connectivity index (χ0) is 11.9. The highest BCUT2D eigenvalue weighted by Crippen LogP contribution is 2.36. The van der Waals surface area contributed by atoms with Gasteiger partial charge in [0.2, 0.25) is 0 Å². The largest absolute Gasteiger partial charge is 0.390 e. The van der Waals surface area contributed by atoms with Crippen LogP contribution in [0.25, 0.3) is 10.9 Å². The molecule has 1 N–H and O–H groups in total. The lowest BCUT2D eigenvalue weighted by molar-refractivity contribution is 0.0104. The highest BCUT2D eigenvalue weighted by Gasteiger charge is 2.29. The average molecular weight is 229 g/mol. The summed E-state index contributed by atoms with van der Waals surface area (Å²) in [7, 11) is 0. The lowest BCUT2D eigenvalue weighted by Crippen LogP contribution is -2.31. The molecule has 0 atom stereocenters. The molecule has 2 aromatic rings. The van der Waals surface area contributed by atoms with Gasteiger partial charge in [0, 0.05) is 17.8 Å². The number of hydrogen-bond acceptors (Lipinski definition) is 1. The van der Waals surface area contributed by atoms with Gasteiger partial charge in [0.05, 0.1) is 5.60 Å².